The summed E-state index contributed by atoms with van der Waals surface area (Å²) in [5.74, 6) is 0.104. The van der Waals surface area contributed by atoms with Gasteiger partial charge in [-0.25, -0.2) is 0 Å². The van der Waals surface area contributed by atoms with E-state index in [-0.39, 0.29) is 23.2 Å². The van der Waals surface area contributed by atoms with E-state index >= 15 is 0 Å². The Morgan fingerprint density at radius 1 is 1.20 bits per heavy atom. The fourth-order valence-electron chi connectivity index (χ4n) is 1.87. The highest BCUT2D eigenvalue weighted by Gasteiger charge is 2.23. The first-order valence-electron chi connectivity index (χ1n) is 6.00. The number of thiol groups is 1. The molecule has 3 heteroatoms. The molecule has 0 heterocycles. The van der Waals surface area contributed by atoms with Crippen molar-refractivity contribution in [3.05, 3.63) is 0 Å². The van der Waals surface area contributed by atoms with Gasteiger partial charge in [-0.2, -0.15) is 12.6 Å². The summed E-state index contributed by atoms with van der Waals surface area (Å²) in [7, 11) is 0. The molecule has 0 aromatic rings. The quantitative estimate of drug-likeness (QED) is 0.458. The second-order valence-corrected chi connectivity index (χ2v) is 5.30. The molecule has 0 aromatic carbocycles. The van der Waals surface area contributed by atoms with E-state index in [0.717, 1.165) is 12.8 Å². The highest BCUT2D eigenvalue weighted by Crippen LogP contribution is 2.21. The van der Waals surface area contributed by atoms with E-state index in [1.165, 1.54) is 25.7 Å². The molecule has 1 aliphatic carbocycles. The van der Waals surface area contributed by atoms with Gasteiger partial charge in [-0.3, -0.25) is 4.79 Å². The lowest BCUT2D eigenvalue weighted by Crippen LogP contribution is -2.27. The fraction of sp³-hybridized carbons (Fsp3) is 0.917. The number of rotatable bonds is 3. The number of esters is 1. The molecule has 1 fully saturated rings. The summed E-state index contributed by atoms with van der Waals surface area (Å²) in [4.78, 5) is 11.7. The smallest absolute Gasteiger partial charge is 0.319 e. The zero-order valence-electron chi connectivity index (χ0n) is 9.74. The van der Waals surface area contributed by atoms with E-state index in [9.17, 15) is 4.79 Å². The van der Waals surface area contributed by atoms with Crippen LogP contribution in [0.4, 0.5) is 0 Å². The van der Waals surface area contributed by atoms with Crippen LogP contribution in [0.1, 0.15) is 52.4 Å². The summed E-state index contributed by atoms with van der Waals surface area (Å²) >= 11 is 4.27. The number of hydrogen-bond donors (Lipinski definition) is 1. The van der Waals surface area contributed by atoms with Crippen molar-refractivity contribution in [2.75, 3.05) is 0 Å². The lowest BCUT2D eigenvalue weighted by atomic mass is 10.1. The Morgan fingerprint density at radius 3 is 2.20 bits per heavy atom. The van der Waals surface area contributed by atoms with Crippen molar-refractivity contribution < 1.29 is 9.53 Å². The average molecular weight is 230 g/mol. The number of carbonyl (C=O) groups is 1. The van der Waals surface area contributed by atoms with Crippen LogP contribution in [0, 0.1) is 5.92 Å². The first-order chi connectivity index (χ1) is 7.11. The van der Waals surface area contributed by atoms with Gasteiger partial charge in [-0.05, 0) is 31.6 Å². The normalized spacial score (nSPS) is 21.1. The maximum Gasteiger partial charge on any atom is 0.319 e. The van der Waals surface area contributed by atoms with Crippen LogP contribution in [0.2, 0.25) is 0 Å². The summed E-state index contributed by atoms with van der Waals surface area (Å²) in [6.45, 7) is 3.98. The summed E-state index contributed by atoms with van der Waals surface area (Å²) in [5.41, 5.74) is 0. The zero-order chi connectivity index (χ0) is 11.3. The van der Waals surface area contributed by atoms with Gasteiger partial charge in [0.25, 0.3) is 0 Å². The van der Waals surface area contributed by atoms with Crippen LogP contribution in [-0.2, 0) is 9.53 Å². The van der Waals surface area contributed by atoms with E-state index in [4.69, 9.17) is 4.74 Å². The zero-order valence-corrected chi connectivity index (χ0v) is 10.6. The van der Waals surface area contributed by atoms with Crippen LogP contribution in [0.15, 0.2) is 0 Å². The highest BCUT2D eigenvalue weighted by atomic mass is 32.1. The Bertz CT molecular complexity index is 196. The van der Waals surface area contributed by atoms with Gasteiger partial charge in [0.2, 0.25) is 0 Å². The van der Waals surface area contributed by atoms with Crippen molar-refractivity contribution >= 4 is 18.6 Å². The Kier molecular flexibility index (Phi) is 5.51. The van der Waals surface area contributed by atoms with Crippen LogP contribution in [0.3, 0.4) is 0 Å². The minimum Gasteiger partial charge on any atom is -0.462 e. The fourth-order valence-corrected chi connectivity index (χ4v) is 1.93. The van der Waals surface area contributed by atoms with Gasteiger partial charge < -0.3 is 4.74 Å². The molecule has 0 N–H and O–H groups in total. The summed E-state index contributed by atoms with van der Waals surface area (Å²) in [6, 6.07) is 0. The van der Waals surface area contributed by atoms with E-state index in [0.29, 0.717) is 0 Å². The molecule has 0 bridgehead atoms. The average Bonchev–Trinajstić information content (AvgIpc) is 2.45. The Labute approximate surface area is 98.2 Å². The number of ether oxygens (including phenoxy) is 1. The monoisotopic (exact) mass is 230 g/mol. The lowest BCUT2D eigenvalue weighted by Gasteiger charge is -2.19. The Hall–Kier alpha value is -0.180. The molecule has 0 saturated heterocycles. The van der Waals surface area contributed by atoms with Gasteiger partial charge in [0.05, 0.1) is 0 Å². The molecule has 15 heavy (non-hydrogen) atoms. The standard InChI is InChI=1S/C12H22O2S/c1-9(2)11(15)12(13)14-10-7-5-3-4-6-8-10/h9-11,15H,3-8H2,1-2H3. The summed E-state index contributed by atoms with van der Waals surface area (Å²) in [6.07, 6.45) is 7.15. The number of hydrogen-bond acceptors (Lipinski definition) is 3. The third-order valence-electron chi connectivity index (χ3n) is 2.96. The minimum atomic E-state index is -0.270. The topological polar surface area (TPSA) is 26.3 Å². The summed E-state index contributed by atoms with van der Waals surface area (Å²) < 4.78 is 5.48. The van der Waals surface area contributed by atoms with Gasteiger partial charge in [0.1, 0.15) is 11.4 Å². The minimum absolute atomic E-state index is 0.139. The van der Waals surface area contributed by atoms with Crippen molar-refractivity contribution in [2.45, 2.75) is 63.7 Å². The molecular weight excluding hydrogens is 208 g/mol. The molecule has 1 atom stereocenters. The predicted octanol–water partition coefficient (Wildman–Crippen LogP) is 3.21. The molecule has 0 aliphatic heterocycles. The Balaban J connectivity index is 2.35. The molecule has 88 valence electrons. The molecule has 1 aliphatic rings. The largest absolute Gasteiger partial charge is 0.462 e. The van der Waals surface area contributed by atoms with Crippen LogP contribution >= 0.6 is 12.6 Å². The first kappa shape index (κ1) is 12.9. The summed E-state index contributed by atoms with van der Waals surface area (Å²) in [5, 5.41) is -0.270. The third-order valence-corrected chi connectivity index (χ3v) is 3.77. The molecule has 1 saturated carbocycles. The number of carbonyl (C=O) groups excluding carboxylic acids is 1. The van der Waals surface area contributed by atoms with Crippen LogP contribution < -0.4 is 0 Å². The van der Waals surface area contributed by atoms with E-state index in [1.54, 1.807) is 0 Å². The van der Waals surface area contributed by atoms with Crippen molar-refractivity contribution in [1.29, 1.82) is 0 Å². The first-order valence-corrected chi connectivity index (χ1v) is 6.51. The molecule has 0 amide bonds. The van der Waals surface area contributed by atoms with Gasteiger partial charge >= 0.3 is 5.97 Å². The molecule has 0 radical (unpaired) electrons. The van der Waals surface area contributed by atoms with E-state index < -0.39 is 0 Å². The van der Waals surface area contributed by atoms with Gasteiger partial charge in [-0.1, -0.05) is 26.7 Å². The van der Waals surface area contributed by atoms with Crippen molar-refractivity contribution in [3.63, 3.8) is 0 Å². The highest BCUT2D eigenvalue weighted by molar-refractivity contribution is 7.81. The maximum absolute atomic E-state index is 11.7. The molecule has 2 nitrogen and oxygen atoms in total. The molecule has 1 rings (SSSR count). The molecule has 0 aromatic heterocycles. The van der Waals surface area contributed by atoms with Crippen molar-refractivity contribution in [2.24, 2.45) is 5.92 Å². The van der Waals surface area contributed by atoms with Crippen molar-refractivity contribution in [1.82, 2.24) is 0 Å². The van der Waals surface area contributed by atoms with E-state index in [1.807, 2.05) is 13.8 Å². The van der Waals surface area contributed by atoms with Crippen LogP contribution in [0.25, 0.3) is 0 Å². The molecular formula is C12H22O2S. The van der Waals surface area contributed by atoms with Crippen molar-refractivity contribution in [3.8, 4) is 0 Å². The molecule has 1 unspecified atom stereocenters. The second kappa shape index (κ2) is 6.41. The van der Waals surface area contributed by atoms with E-state index in [2.05, 4.69) is 12.6 Å². The Morgan fingerprint density at radius 2 is 1.73 bits per heavy atom. The third kappa shape index (κ3) is 4.45. The van der Waals surface area contributed by atoms with Gasteiger partial charge in [0, 0.05) is 0 Å². The SMILES string of the molecule is CC(C)C(S)C(=O)OC1CCCCCC1. The van der Waals surface area contributed by atoms with Gasteiger partial charge in [0.15, 0.2) is 0 Å². The lowest BCUT2D eigenvalue weighted by molar-refractivity contribution is -0.149. The molecule has 0 spiro atoms. The van der Waals surface area contributed by atoms with Crippen LogP contribution in [0.5, 0.6) is 0 Å². The predicted molar refractivity (Wildman–Crippen MR) is 65.2 cm³/mol. The van der Waals surface area contributed by atoms with Crippen LogP contribution in [-0.4, -0.2) is 17.3 Å². The second-order valence-electron chi connectivity index (χ2n) is 4.74. The maximum atomic E-state index is 11.7. The van der Waals surface area contributed by atoms with Gasteiger partial charge in [-0.15, -0.1) is 0 Å².